The Morgan fingerprint density at radius 1 is 0.651 bits per heavy atom. The molecule has 0 rings (SSSR count). The highest BCUT2D eigenvalue weighted by Gasteiger charge is 2.16. The van der Waals surface area contributed by atoms with Crippen LogP contribution in [0, 0.1) is 5.92 Å². The number of ketones is 1. The quantitative estimate of drug-likeness (QED) is 0.0366. The number of allylic oxidation sites excluding steroid dienone is 4. The normalized spacial score (nSPS) is 12.4. The standard InChI is InChI=1S/C37H66O6/c1-4-5-6-7-12-17-22-27-34(39)28-23-18-15-20-25-30-37(41)43-35(31-38)32-42-36(40)29-24-19-14-11-9-8-10-13-16-21-26-33(2)3/h12,17,22,27,33,35,38H,4-11,13-16,18-21,23-26,28-32H2,1-3H3/b17-12-,27-22+/t35-/m0/s1. The predicted octanol–water partition coefficient (Wildman–Crippen LogP) is 9.76. The van der Waals surface area contributed by atoms with Gasteiger partial charge in [0.1, 0.15) is 6.61 Å². The minimum atomic E-state index is -0.813. The lowest BCUT2D eigenvalue weighted by Gasteiger charge is -2.15. The first-order valence-corrected chi connectivity index (χ1v) is 17.7. The number of rotatable bonds is 31. The van der Waals surface area contributed by atoms with Crippen molar-refractivity contribution in [1.82, 2.24) is 0 Å². The Morgan fingerprint density at radius 2 is 1.19 bits per heavy atom. The molecule has 6 heteroatoms. The van der Waals surface area contributed by atoms with Crippen LogP contribution in [-0.2, 0) is 23.9 Å². The van der Waals surface area contributed by atoms with Crippen LogP contribution in [0.3, 0.4) is 0 Å². The number of ether oxygens (including phenoxy) is 2. The second kappa shape index (κ2) is 31.5. The van der Waals surface area contributed by atoms with Gasteiger partial charge in [0.05, 0.1) is 6.61 Å². The van der Waals surface area contributed by atoms with Crippen LogP contribution in [0.4, 0.5) is 0 Å². The summed E-state index contributed by atoms with van der Waals surface area (Å²) in [4.78, 5) is 36.0. The maximum atomic E-state index is 12.1. The van der Waals surface area contributed by atoms with Gasteiger partial charge in [-0.05, 0) is 44.1 Å². The molecule has 0 aliphatic heterocycles. The van der Waals surface area contributed by atoms with Crippen LogP contribution >= 0.6 is 0 Å². The molecule has 0 heterocycles. The van der Waals surface area contributed by atoms with E-state index in [0.717, 1.165) is 57.3 Å². The molecule has 0 aromatic heterocycles. The van der Waals surface area contributed by atoms with Crippen LogP contribution in [0.1, 0.15) is 168 Å². The molecule has 0 spiro atoms. The fraction of sp³-hybridized carbons (Fsp3) is 0.811. The Bertz CT molecular complexity index is 727. The van der Waals surface area contributed by atoms with Crippen molar-refractivity contribution in [3.8, 4) is 0 Å². The molecule has 0 aliphatic rings. The molecule has 0 aliphatic carbocycles. The van der Waals surface area contributed by atoms with Gasteiger partial charge < -0.3 is 14.6 Å². The molecule has 0 radical (unpaired) electrons. The molecule has 1 atom stereocenters. The molecule has 0 bridgehead atoms. The third-order valence-corrected chi connectivity index (χ3v) is 7.65. The summed E-state index contributed by atoms with van der Waals surface area (Å²) in [6.45, 7) is 6.30. The summed E-state index contributed by atoms with van der Waals surface area (Å²) in [7, 11) is 0. The Hall–Kier alpha value is -1.95. The summed E-state index contributed by atoms with van der Waals surface area (Å²) >= 11 is 0. The molecule has 0 unspecified atom stereocenters. The molecular weight excluding hydrogens is 540 g/mol. The Kier molecular flexibility index (Phi) is 30.0. The van der Waals surface area contributed by atoms with Gasteiger partial charge in [-0.15, -0.1) is 0 Å². The lowest BCUT2D eigenvalue weighted by molar-refractivity contribution is -0.161. The minimum absolute atomic E-state index is 0.102. The van der Waals surface area contributed by atoms with E-state index in [9.17, 15) is 19.5 Å². The maximum absolute atomic E-state index is 12.1. The molecule has 0 amide bonds. The van der Waals surface area contributed by atoms with Crippen LogP contribution in [0.25, 0.3) is 0 Å². The van der Waals surface area contributed by atoms with E-state index >= 15 is 0 Å². The van der Waals surface area contributed by atoms with E-state index < -0.39 is 6.10 Å². The number of carbonyl (C=O) groups is 3. The van der Waals surface area contributed by atoms with Gasteiger partial charge in [0.25, 0.3) is 0 Å². The Balaban J connectivity index is 3.68. The van der Waals surface area contributed by atoms with Crippen molar-refractivity contribution >= 4 is 17.7 Å². The van der Waals surface area contributed by atoms with Crippen molar-refractivity contribution in [3.05, 3.63) is 24.3 Å². The van der Waals surface area contributed by atoms with Crippen molar-refractivity contribution in [2.45, 2.75) is 175 Å². The van der Waals surface area contributed by atoms with Gasteiger partial charge in [-0.25, -0.2) is 0 Å². The first-order valence-electron chi connectivity index (χ1n) is 17.7. The smallest absolute Gasteiger partial charge is 0.306 e. The summed E-state index contributed by atoms with van der Waals surface area (Å²) in [5.41, 5.74) is 0. The van der Waals surface area contributed by atoms with E-state index in [2.05, 4.69) is 26.8 Å². The SMILES string of the molecule is CCCCC/C=C\C=C\C(=O)CCCCCCCC(=O)O[C@@H](CO)COC(=O)CCCCCCCCCCCCC(C)C. The number of esters is 2. The molecule has 0 aromatic rings. The molecule has 6 nitrogen and oxygen atoms in total. The van der Waals surface area contributed by atoms with E-state index in [1.54, 1.807) is 6.08 Å². The molecule has 43 heavy (non-hydrogen) atoms. The number of hydrogen-bond donors (Lipinski definition) is 1. The van der Waals surface area contributed by atoms with Gasteiger partial charge in [0.15, 0.2) is 11.9 Å². The van der Waals surface area contributed by atoms with Gasteiger partial charge in [-0.2, -0.15) is 0 Å². The molecular formula is C37H66O6. The molecule has 1 N–H and O–H groups in total. The largest absolute Gasteiger partial charge is 0.462 e. The second-order valence-corrected chi connectivity index (χ2v) is 12.5. The molecule has 0 saturated heterocycles. The first kappa shape index (κ1) is 41.0. The van der Waals surface area contributed by atoms with Gasteiger partial charge in [0, 0.05) is 19.3 Å². The first-order chi connectivity index (χ1) is 20.9. The maximum Gasteiger partial charge on any atom is 0.306 e. The van der Waals surface area contributed by atoms with E-state index in [1.807, 2.05) is 12.2 Å². The van der Waals surface area contributed by atoms with Crippen molar-refractivity contribution in [2.24, 2.45) is 5.92 Å². The predicted molar refractivity (Wildman–Crippen MR) is 178 cm³/mol. The highest BCUT2D eigenvalue weighted by Crippen LogP contribution is 2.14. The Morgan fingerprint density at radius 3 is 1.74 bits per heavy atom. The summed E-state index contributed by atoms with van der Waals surface area (Å²) in [5.74, 6) is 0.290. The Labute approximate surface area is 264 Å². The zero-order valence-electron chi connectivity index (χ0n) is 28.1. The van der Waals surface area contributed by atoms with Crippen LogP contribution in [-0.4, -0.2) is 42.1 Å². The fourth-order valence-corrected chi connectivity index (χ4v) is 4.90. The number of aliphatic hydroxyl groups is 1. The summed E-state index contributed by atoms with van der Waals surface area (Å²) in [5, 5.41) is 9.51. The lowest BCUT2D eigenvalue weighted by Crippen LogP contribution is -2.28. The summed E-state index contributed by atoms with van der Waals surface area (Å²) in [6.07, 6.45) is 30.5. The average molecular weight is 607 g/mol. The summed E-state index contributed by atoms with van der Waals surface area (Å²) < 4.78 is 10.5. The monoisotopic (exact) mass is 606 g/mol. The molecule has 0 saturated carbocycles. The van der Waals surface area contributed by atoms with E-state index in [0.29, 0.717) is 19.3 Å². The number of aliphatic hydroxyl groups excluding tert-OH is 1. The van der Waals surface area contributed by atoms with Crippen molar-refractivity contribution in [3.63, 3.8) is 0 Å². The minimum Gasteiger partial charge on any atom is -0.462 e. The highest BCUT2D eigenvalue weighted by molar-refractivity contribution is 5.89. The van der Waals surface area contributed by atoms with Crippen LogP contribution < -0.4 is 0 Å². The van der Waals surface area contributed by atoms with Crippen LogP contribution in [0.5, 0.6) is 0 Å². The van der Waals surface area contributed by atoms with Crippen molar-refractivity contribution in [2.75, 3.05) is 13.2 Å². The van der Waals surface area contributed by atoms with Crippen molar-refractivity contribution in [1.29, 1.82) is 0 Å². The van der Waals surface area contributed by atoms with Crippen LogP contribution in [0.2, 0.25) is 0 Å². The molecule has 250 valence electrons. The van der Waals surface area contributed by atoms with Gasteiger partial charge in [-0.3, -0.25) is 14.4 Å². The number of unbranched alkanes of at least 4 members (excludes halogenated alkanes) is 16. The fourth-order valence-electron chi connectivity index (χ4n) is 4.90. The number of carbonyl (C=O) groups excluding carboxylic acids is 3. The molecule has 0 fully saturated rings. The third kappa shape index (κ3) is 31.3. The average Bonchev–Trinajstić information content (AvgIpc) is 2.98. The summed E-state index contributed by atoms with van der Waals surface area (Å²) in [6, 6.07) is 0. The van der Waals surface area contributed by atoms with Gasteiger partial charge in [-0.1, -0.05) is 135 Å². The van der Waals surface area contributed by atoms with E-state index in [1.165, 1.54) is 70.6 Å². The van der Waals surface area contributed by atoms with E-state index in [4.69, 9.17) is 9.47 Å². The highest BCUT2D eigenvalue weighted by atomic mass is 16.6. The zero-order chi connectivity index (χ0) is 31.8. The molecule has 0 aromatic carbocycles. The topological polar surface area (TPSA) is 89.9 Å². The van der Waals surface area contributed by atoms with Gasteiger partial charge >= 0.3 is 11.9 Å². The van der Waals surface area contributed by atoms with Crippen LogP contribution in [0.15, 0.2) is 24.3 Å². The van der Waals surface area contributed by atoms with E-state index in [-0.39, 0.29) is 37.4 Å². The second-order valence-electron chi connectivity index (χ2n) is 12.5. The van der Waals surface area contributed by atoms with Gasteiger partial charge in [0.2, 0.25) is 0 Å². The number of hydrogen-bond acceptors (Lipinski definition) is 6. The third-order valence-electron chi connectivity index (χ3n) is 7.65. The zero-order valence-corrected chi connectivity index (χ0v) is 28.1. The van der Waals surface area contributed by atoms with Crippen molar-refractivity contribution < 1.29 is 29.0 Å². The lowest BCUT2D eigenvalue weighted by atomic mass is 10.0.